The van der Waals surface area contributed by atoms with Gasteiger partial charge in [0.15, 0.2) is 0 Å². The maximum absolute atomic E-state index is 11.1. The van der Waals surface area contributed by atoms with Crippen LogP contribution < -0.4 is 5.32 Å². The van der Waals surface area contributed by atoms with E-state index in [1.165, 1.54) is 0 Å². The summed E-state index contributed by atoms with van der Waals surface area (Å²) >= 11 is 0. The molecule has 0 spiro atoms. The van der Waals surface area contributed by atoms with E-state index in [0.29, 0.717) is 6.42 Å². The first-order chi connectivity index (χ1) is 5.70. The minimum atomic E-state index is -0.616. The number of amides is 2. The number of aliphatic hydroxyl groups excluding tert-OH is 1. The van der Waals surface area contributed by atoms with Gasteiger partial charge in [-0.3, -0.25) is 14.9 Å². The molecule has 4 heteroatoms. The Morgan fingerprint density at radius 2 is 2.00 bits per heavy atom. The number of carbonyl (C=O) groups excluding carboxylic acids is 2. The fourth-order valence-corrected chi connectivity index (χ4v) is 2.12. The van der Waals surface area contributed by atoms with E-state index in [-0.39, 0.29) is 17.7 Å². The topological polar surface area (TPSA) is 66.4 Å². The Hall–Kier alpha value is -0.900. The van der Waals surface area contributed by atoms with Crippen molar-refractivity contribution < 1.29 is 14.7 Å². The van der Waals surface area contributed by atoms with Gasteiger partial charge in [-0.25, -0.2) is 0 Å². The molecule has 2 rings (SSSR count). The molecular weight excluding hydrogens is 158 g/mol. The lowest BCUT2D eigenvalue weighted by Crippen LogP contribution is -2.34. The second-order valence-corrected chi connectivity index (χ2v) is 3.48. The highest BCUT2D eigenvalue weighted by Crippen LogP contribution is 2.33. The Morgan fingerprint density at radius 1 is 1.25 bits per heavy atom. The van der Waals surface area contributed by atoms with Crippen LogP contribution in [0.4, 0.5) is 0 Å². The average Bonchev–Trinajstić information content (AvgIpc) is 2.29. The molecule has 2 aliphatic rings. The van der Waals surface area contributed by atoms with Crippen molar-refractivity contribution >= 4 is 11.8 Å². The van der Waals surface area contributed by atoms with Crippen LogP contribution in [0.5, 0.6) is 0 Å². The summed E-state index contributed by atoms with van der Waals surface area (Å²) in [5.41, 5.74) is 0. The van der Waals surface area contributed by atoms with Crippen LogP contribution in [-0.4, -0.2) is 23.0 Å². The van der Waals surface area contributed by atoms with Crippen LogP contribution in [0.2, 0.25) is 0 Å². The number of hydrogen-bond donors (Lipinski definition) is 2. The molecule has 2 N–H and O–H groups in total. The molecule has 1 heterocycles. The van der Waals surface area contributed by atoms with Gasteiger partial charge < -0.3 is 5.11 Å². The lowest BCUT2D eigenvalue weighted by atomic mass is 9.79. The first-order valence-corrected chi connectivity index (χ1v) is 4.23. The summed E-state index contributed by atoms with van der Waals surface area (Å²) in [5.74, 6) is -1.23. The van der Waals surface area contributed by atoms with Gasteiger partial charge in [-0.1, -0.05) is 6.42 Å². The number of nitrogens with one attached hydrogen (secondary N) is 1. The van der Waals surface area contributed by atoms with Gasteiger partial charge in [-0.2, -0.15) is 0 Å². The second kappa shape index (κ2) is 2.55. The minimum Gasteiger partial charge on any atom is -0.392 e. The predicted octanol–water partition coefficient (Wildman–Crippen LogP) is -0.580. The summed E-state index contributed by atoms with van der Waals surface area (Å²) in [6, 6.07) is 0. The standard InChI is InChI=1S/C8H11NO3/c10-5-3-1-2-4-6(5)8(12)9-7(4)11/h4-6,10H,1-3H2,(H,9,11,12)/t4-,5+,6-/m0/s1. The summed E-state index contributed by atoms with van der Waals surface area (Å²) < 4.78 is 0. The Kier molecular flexibility index (Phi) is 1.65. The third kappa shape index (κ3) is 0.948. The van der Waals surface area contributed by atoms with E-state index >= 15 is 0 Å². The van der Waals surface area contributed by atoms with E-state index in [9.17, 15) is 14.7 Å². The molecule has 1 aliphatic heterocycles. The maximum atomic E-state index is 11.1. The van der Waals surface area contributed by atoms with Crippen LogP contribution in [-0.2, 0) is 9.59 Å². The first kappa shape index (κ1) is 7.73. The van der Waals surface area contributed by atoms with Gasteiger partial charge in [-0.15, -0.1) is 0 Å². The van der Waals surface area contributed by atoms with E-state index < -0.39 is 12.0 Å². The van der Waals surface area contributed by atoms with Gasteiger partial charge in [0.2, 0.25) is 11.8 Å². The Labute approximate surface area is 69.9 Å². The van der Waals surface area contributed by atoms with Gasteiger partial charge in [0.1, 0.15) is 0 Å². The minimum absolute atomic E-state index is 0.205. The normalized spacial score (nSPS) is 40.9. The molecule has 0 aromatic heterocycles. The number of aliphatic hydroxyl groups is 1. The summed E-state index contributed by atoms with van der Waals surface area (Å²) in [4.78, 5) is 22.3. The summed E-state index contributed by atoms with van der Waals surface area (Å²) in [6.07, 6.45) is 1.60. The molecule has 66 valence electrons. The molecule has 0 aromatic rings. The van der Waals surface area contributed by atoms with E-state index in [0.717, 1.165) is 12.8 Å². The van der Waals surface area contributed by atoms with Gasteiger partial charge in [0, 0.05) is 0 Å². The molecule has 0 unspecified atom stereocenters. The second-order valence-electron chi connectivity index (χ2n) is 3.48. The molecule has 2 fully saturated rings. The molecule has 4 nitrogen and oxygen atoms in total. The van der Waals surface area contributed by atoms with E-state index in [1.807, 2.05) is 0 Å². The molecule has 0 radical (unpaired) electrons. The van der Waals surface area contributed by atoms with Crippen LogP contribution in [0.1, 0.15) is 19.3 Å². The zero-order valence-corrected chi connectivity index (χ0v) is 6.62. The summed E-state index contributed by atoms with van der Waals surface area (Å²) in [5, 5.41) is 11.7. The highest BCUT2D eigenvalue weighted by molar-refractivity contribution is 6.05. The van der Waals surface area contributed by atoms with Crippen molar-refractivity contribution in [3.63, 3.8) is 0 Å². The molecule has 1 aliphatic carbocycles. The fraction of sp³-hybridized carbons (Fsp3) is 0.750. The van der Waals surface area contributed by atoms with E-state index in [1.54, 1.807) is 0 Å². The Morgan fingerprint density at radius 3 is 2.67 bits per heavy atom. The molecule has 0 aromatic carbocycles. The molecule has 0 bridgehead atoms. The zero-order valence-electron chi connectivity index (χ0n) is 6.62. The van der Waals surface area contributed by atoms with Crippen LogP contribution >= 0.6 is 0 Å². The van der Waals surface area contributed by atoms with Gasteiger partial charge >= 0.3 is 0 Å². The average molecular weight is 169 g/mol. The van der Waals surface area contributed by atoms with Crippen LogP contribution in [0.3, 0.4) is 0 Å². The van der Waals surface area contributed by atoms with Gasteiger partial charge in [0.05, 0.1) is 17.9 Å². The third-order valence-corrected chi connectivity index (χ3v) is 2.75. The smallest absolute Gasteiger partial charge is 0.233 e. The lowest BCUT2D eigenvalue weighted by Gasteiger charge is -2.25. The SMILES string of the molecule is O=C1NC(=O)[C@H]2CCC[C@@H](O)[C@@H]12. The molecule has 2 amide bonds. The number of carbonyl (C=O) groups is 2. The van der Waals surface area contributed by atoms with Crippen molar-refractivity contribution in [1.29, 1.82) is 0 Å². The number of hydrogen-bond acceptors (Lipinski definition) is 3. The zero-order chi connectivity index (χ0) is 8.72. The van der Waals surface area contributed by atoms with Crippen molar-refractivity contribution in [1.82, 2.24) is 5.32 Å². The van der Waals surface area contributed by atoms with Crippen molar-refractivity contribution in [2.45, 2.75) is 25.4 Å². The molecular formula is C8H11NO3. The van der Waals surface area contributed by atoms with Crippen LogP contribution in [0.25, 0.3) is 0 Å². The largest absolute Gasteiger partial charge is 0.392 e. The highest BCUT2D eigenvalue weighted by Gasteiger charge is 2.47. The molecule has 3 atom stereocenters. The Bertz CT molecular complexity index is 238. The van der Waals surface area contributed by atoms with Gasteiger partial charge in [0.25, 0.3) is 0 Å². The lowest BCUT2D eigenvalue weighted by molar-refractivity contribution is -0.127. The van der Waals surface area contributed by atoms with Crippen LogP contribution in [0, 0.1) is 11.8 Å². The molecule has 1 saturated heterocycles. The van der Waals surface area contributed by atoms with Crippen molar-refractivity contribution in [2.75, 3.05) is 0 Å². The van der Waals surface area contributed by atoms with Crippen molar-refractivity contribution in [3.8, 4) is 0 Å². The number of rotatable bonds is 0. The third-order valence-electron chi connectivity index (χ3n) is 2.75. The quantitative estimate of drug-likeness (QED) is 0.477. The van der Waals surface area contributed by atoms with Gasteiger partial charge in [-0.05, 0) is 12.8 Å². The fourth-order valence-electron chi connectivity index (χ4n) is 2.12. The van der Waals surface area contributed by atoms with E-state index in [4.69, 9.17) is 0 Å². The summed E-state index contributed by atoms with van der Waals surface area (Å²) in [7, 11) is 0. The predicted molar refractivity (Wildman–Crippen MR) is 40.0 cm³/mol. The number of fused-ring (bicyclic) bond motifs is 1. The van der Waals surface area contributed by atoms with Crippen molar-refractivity contribution in [2.24, 2.45) is 11.8 Å². The maximum Gasteiger partial charge on any atom is 0.233 e. The summed E-state index contributed by atoms with van der Waals surface area (Å²) in [6.45, 7) is 0. The highest BCUT2D eigenvalue weighted by atomic mass is 16.3. The van der Waals surface area contributed by atoms with Crippen LogP contribution in [0.15, 0.2) is 0 Å². The van der Waals surface area contributed by atoms with Crippen molar-refractivity contribution in [3.05, 3.63) is 0 Å². The van der Waals surface area contributed by atoms with E-state index in [2.05, 4.69) is 5.32 Å². The number of imide groups is 1. The molecule has 1 saturated carbocycles. The Balaban J connectivity index is 2.24. The monoisotopic (exact) mass is 169 g/mol. The first-order valence-electron chi connectivity index (χ1n) is 4.23. The molecule has 12 heavy (non-hydrogen) atoms.